The molecule has 0 spiro atoms. The van der Waals surface area contributed by atoms with Crippen LogP contribution in [-0.2, 0) is 0 Å². The predicted octanol–water partition coefficient (Wildman–Crippen LogP) is 2.99. The Morgan fingerprint density at radius 2 is 2.07 bits per heavy atom. The number of hydrogen-bond acceptors (Lipinski definition) is 3. The molecule has 0 saturated carbocycles. The van der Waals surface area contributed by atoms with Crippen LogP contribution in [0, 0.1) is 29.6 Å². The minimum atomic E-state index is 0.00863. The molecule has 74 valence electrons. The fourth-order valence-corrected chi connectivity index (χ4v) is 1.32. The van der Waals surface area contributed by atoms with Gasteiger partial charge in [0.1, 0.15) is 17.7 Å². The van der Waals surface area contributed by atoms with Crippen molar-refractivity contribution in [2.24, 2.45) is 0 Å². The van der Waals surface area contributed by atoms with Gasteiger partial charge in [-0.15, -0.1) is 0 Å². The Morgan fingerprint density at radius 3 is 2.60 bits per heavy atom. The summed E-state index contributed by atoms with van der Waals surface area (Å²) in [7, 11) is 0. The first-order valence-electron chi connectivity index (χ1n) is 4.21. The van der Waals surface area contributed by atoms with Gasteiger partial charge in [0.2, 0.25) is 0 Å². The van der Waals surface area contributed by atoms with E-state index in [9.17, 15) is 0 Å². The van der Waals surface area contributed by atoms with Gasteiger partial charge in [0.05, 0.1) is 10.7 Å². The van der Waals surface area contributed by atoms with Gasteiger partial charge in [-0.1, -0.05) is 23.7 Å². The first-order valence-corrected chi connectivity index (χ1v) is 4.59. The van der Waals surface area contributed by atoms with Crippen LogP contribution in [-0.4, -0.2) is 0 Å². The molecule has 0 aliphatic carbocycles. The van der Waals surface area contributed by atoms with E-state index in [2.05, 4.69) is 5.32 Å². The number of nitrogens with one attached hydrogen (secondary N) is 1. The van der Waals surface area contributed by atoms with E-state index in [0.29, 0.717) is 10.7 Å². The molecule has 1 aromatic rings. The molecule has 0 unspecified atom stereocenters. The molecule has 1 rings (SSSR count). The van der Waals surface area contributed by atoms with Gasteiger partial charge in [0.25, 0.3) is 0 Å². The fourth-order valence-electron chi connectivity index (χ4n) is 1.05. The van der Waals surface area contributed by atoms with Crippen molar-refractivity contribution in [2.45, 2.75) is 6.92 Å². The molecule has 0 fully saturated rings. The summed E-state index contributed by atoms with van der Waals surface area (Å²) < 4.78 is 0. The quantitative estimate of drug-likeness (QED) is 0.775. The van der Waals surface area contributed by atoms with Gasteiger partial charge >= 0.3 is 0 Å². The predicted molar refractivity (Wildman–Crippen MR) is 59.1 cm³/mol. The lowest BCUT2D eigenvalue weighted by atomic mass is 10.2. The molecule has 0 saturated heterocycles. The third-order valence-electron chi connectivity index (χ3n) is 1.82. The number of allylic oxidation sites excluding steroid dienone is 1. The van der Waals surface area contributed by atoms with Crippen LogP contribution >= 0.6 is 11.6 Å². The third-order valence-corrected chi connectivity index (χ3v) is 2.14. The maximum absolute atomic E-state index is 8.53. The van der Waals surface area contributed by atoms with Crippen molar-refractivity contribution >= 4 is 17.3 Å². The molecular formula is C11H8ClN3. The number of nitrogens with zero attached hydrogens (tertiary/aromatic N) is 2. The molecule has 1 aromatic carbocycles. The smallest absolute Gasteiger partial charge is 0.145 e. The van der Waals surface area contributed by atoms with Crippen molar-refractivity contribution in [3.8, 4) is 12.1 Å². The molecular weight excluding hydrogens is 210 g/mol. The number of anilines is 1. The molecule has 0 bridgehead atoms. The van der Waals surface area contributed by atoms with Crippen molar-refractivity contribution < 1.29 is 0 Å². The number of nitriles is 2. The maximum atomic E-state index is 8.53. The van der Waals surface area contributed by atoms with E-state index in [-0.39, 0.29) is 5.57 Å². The van der Waals surface area contributed by atoms with E-state index in [0.717, 1.165) is 5.56 Å². The molecule has 0 amide bonds. The van der Waals surface area contributed by atoms with E-state index in [1.807, 2.05) is 19.1 Å². The zero-order valence-corrected chi connectivity index (χ0v) is 8.84. The average Bonchev–Trinajstić information content (AvgIpc) is 2.23. The highest BCUT2D eigenvalue weighted by atomic mass is 35.5. The average molecular weight is 218 g/mol. The molecule has 1 N–H and O–H groups in total. The summed E-state index contributed by atoms with van der Waals surface area (Å²) in [6, 6.07) is 8.97. The lowest BCUT2D eigenvalue weighted by Gasteiger charge is -2.06. The van der Waals surface area contributed by atoms with E-state index < -0.39 is 0 Å². The van der Waals surface area contributed by atoms with Crippen LogP contribution in [0.3, 0.4) is 0 Å². The third kappa shape index (κ3) is 2.74. The zero-order valence-electron chi connectivity index (χ0n) is 8.08. The van der Waals surface area contributed by atoms with Crippen molar-refractivity contribution in [3.63, 3.8) is 0 Å². The van der Waals surface area contributed by atoms with Crippen molar-refractivity contribution in [1.82, 2.24) is 0 Å². The summed E-state index contributed by atoms with van der Waals surface area (Å²) in [6.07, 6.45) is 1.34. The molecule has 4 heteroatoms. The minimum Gasteiger partial charge on any atom is -0.358 e. The molecule has 3 nitrogen and oxygen atoms in total. The summed E-state index contributed by atoms with van der Waals surface area (Å²) >= 11 is 5.94. The molecule has 0 aliphatic rings. The Hall–Kier alpha value is -1.97. The van der Waals surface area contributed by atoms with Crippen LogP contribution in [0.1, 0.15) is 5.56 Å². The van der Waals surface area contributed by atoms with Crippen LogP contribution in [0.15, 0.2) is 30.0 Å². The highest BCUT2D eigenvalue weighted by Gasteiger charge is 2.01. The van der Waals surface area contributed by atoms with Gasteiger partial charge < -0.3 is 5.32 Å². The molecule has 0 atom stereocenters. The highest BCUT2D eigenvalue weighted by Crippen LogP contribution is 2.25. The topological polar surface area (TPSA) is 59.6 Å². The first kappa shape index (κ1) is 11.1. The molecule has 0 radical (unpaired) electrons. The zero-order chi connectivity index (χ0) is 11.3. The number of benzene rings is 1. The highest BCUT2D eigenvalue weighted by molar-refractivity contribution is 6.33. The molecule has 0 aromatic heterocycles. The number of halogens is 1. The Bertz CT molecular complexity index is 441. The Morgan fingerprint density at radius 1 is 1.40 bits per heavy atom. The normalized spacial score (nSPS) is 8.53. The fraction of sp³-hybridized carbons (Fsp3) is 0.0909. The lowest BCUT2D eigenvalue weighted by Crippen LogP contribution is -1.93. The molecule has 15 heavy (non-hydrogen) atoms. The first-order chi connectivity index (χ1) is 7.19. The van der Waals surface area contributed by atoms with E-state index in [1.165, 1.54) is 6.20 Å². The van der Waals surface area contributed by atoms with Gasteiger partial charge in [0.15, 0.2) is 0 Å². The van der Waals surface area contributed by atoms with Gasteiger partial charge in [-0.25, -0.2) is 0 Å². The van der Waals surface area contributed by atoms with Gasteiger partial charge in [0, 0.05) is 6.20 Å². The van der Waals surface area contributed by atoms with Crippen molar-refractivity contribution in [2.75, 3.05) is 5.32 Å². The summed E-state index contributed by atoms with van der Waals surface area (Å²) in [4.78, 5) is 0. The molecule has 0 heterocycles. The number of rotatable bonds is 2. The van der Waals surface area contributed by atoms with E-state index in [4.69, 9.17) is 22.1 Å². The van der Waals surface area contributed by atoms with E-state index in [1.54, 1.807) is 18.2 Å². The SMILES string of the molecule is Cc1cccc(Cl)c1NC=C(C#N)C#N. The minimum absolute atomic E-state index is 0.00863. The van der Waals surface area contributed by atoms with Crippen LogP contribution in [0.4, 0.5) is 5.69 Å². The number of para-hydroxylation sites is 1. The molecule has 0 aliphatic heterocycles. The standard InChI is InChI=1S/C11H8ClN3/c1-8-3-2-4-10(12)11(8)15-7-9(5-13)6-14/h2-4,7,15H,1H3. The number of hydrogen-bond donors (Lipinski definition) is 1. The largest absolute Gasteiger partial charge is 0.358 e. The summed E-state index contributed by atoms with van der Waals surface area (Å²) in [5.74, 6) is 0. The maximum Gasteiger partial charge on any atom is 0.145 e. The van der Waals surface area contributed by atoms with Crippen LogP contribution in [0.5, 0.6) is 0 Å². The van der Waals surface area contributed by atoms with Gasteiger partial charge in [-0.05, 0) is 18.6 Å². The van der Waals surface area contributed by atoms with Gasteiger partial charge in [-0.2, -0.15) is 10.5 Å². The number of aryl methyl sites for hydroxylation is 1. The Labute approximate surface area is 93.2 Å². The van der Waals surface area contributed by atoms with Gasteiger partial charge in [-0.3, -0.25) is 0 Å². The van der Waals surface area contributed by atoms with Crippen molar-refractivity contribution in [1.29, 1.82) is 10.5 Å². The Balaban J connectivity index is 2.98. The summed E-state index contributed by atoms with van der Waals surface area (Å²) in [6.45, 7) is 1.89. The summed E-state index contributed by atoms with van der Waals surface area (Å²) in [5, 5.41) is 20.5. The Kier molecular flexibility index (Phi) is 3.74. The second kappa shape index (κ2) is 5.05. The van der Waals surface area contributed by atoms with Crippen LogP contribution in [0.2, 0.25) is 5.02 Å². The second-order valence-electron chi connectivity index (χ2n) is 2.86. The lowest BCUT2D eigenvalue weighted by molar-refractivity contribution is 1.41. The van der Waals surface area contributed by atoms with Crippen LogP contribution in [0.25, 0.3) is 0 Å². The summed E-state index contributed by atoms with van der Waals surface area (Å²) in [5.41, 5.74) is 1.67. The van der Waals surface area contributed by atoms with Crippen LogP contribution < -0.4 is 5.32 Å². The monoisotopic (exact) mass is 217 g/mol. The van der Waals surface area contributed by atoms with Crippen molar-refractivity contribution in [3.05, 3.63) is 40.6 Å². The second-order valence-corrected chi connectivity index (χ2v) is 3.26. The van der Waals surface area contributed by atoms with E-state index >= 15 is 0 Å².